The van der Waals surface area contributed by atoms with Crippen molar-refractivity contribution in [3.63, 3.8) is 0 Å². The third-order valence-electron chi connectivity index (χ3n) is 5.11. The minimum Gasteiger partial charge on any atom is -0.366 e. The molecule has 2 aromatic rings. The third kappa shape index (κ3) is 4.85. The minimum atomic E-state index is -3.83. The van der Waals surface area contributed by atoms with Crippen LogP contribution in [0.2, 0.25) is 0 Å². The van der Waals surface area contributed by atoms with Crippen molar-refractivity contribution >= 4 is 27.2 Å². The van der Waals surface area contributed by atoms with Crippen LogP contribution in [0.1, 0.15) is 37.0 Å². The molecule has 0 radical (unpaired) electrons. The normalized spacial score (nSPS) is 15.4. The summed E-state index contributed by atoms with van der Waals surface area (Å²) < 4.78 is 27.2. The summed E-state index contributed by atoms with van der Waals surface area (Å²) in [6, 6.07) is 12.7. The number of nitro groups is 1. The predicted molar refractivity (Wildman–Crippen MR) is 114 cm³/mol. The molecule has 0 aliphatic carbocycles. The maximum atomic E-state index is 12.7. The lowest BCUT2D eigenvalue weighted by atomic mass is 9.88. The van der Waals surface area contributed by atoms with Gasteiger partial charge >= 0.3 is 0 Å². The van der Waals surface area contributed by atoms with Crippen LogP contribution in [0.25, 0.3) is 0 Å². The fourth-order valence-corrected chi connectivity index (χ4v) is 4.95. The summed E-state index contributed by atoms with van der Waals surface area (Å²) >= 11 is 0. The molecule has 2 aromatic carbocycles. The van der Waals surface area contributed by atoms with Gasteiger partial charge in [0.1, 0.15) is 5.69 Å². The number of sulfonamides is 1. The molecule has 1 saturated heterocycles. The van der Waals surface area contributed by atoms with E-state index >= 15 is 0 Å². The Morgan fingerprint density at radius 3 is 2.33 bits per heavy atom. The van der Waals surface area contributed by atoms with Crippen molar-refractivity contribution in [2.45, 2.75) is 37.6 Å². The first kappa shape index (κ1) is 21.9. The topological polar surface area (TPSA) is 110 Å². The van der Waals surface area contributed by atoms with Gasteiger partial charge in [0.25, 0.3) is 5.69 Å². The quantitative estimate of drug-likeness (QED) is 0.409. The number of anilines is 1. The number of carbonyl (C=O) groups is 1. The molecule has 3 rings (SSSR count). The predicted octanol–water partition coefficient (Wildman–Crippen LogP) is 3.38. The Morgan fingerprint density at radius 2 is 1.77 bits per heavy atom. The number of nitro benzene ring substituents is 1. The Morgan fingerprint density at radius 1 is 1.13 bits per heavy atom. The van der Waals surface area contributed by atoms with Crippen LogP contribution in [0, 0.1) is 16.0 Å². The van der Waals surface area contributed by atoms with E-state index in [0.717, 1.165) is 6.07 Å². The average Bonchev–Trinajstić information content (AvgIpc) is 2.72. The summed E-state index contributed by atoms with van der Waals surface area (Å²) in [5.74, 6) is -0.0384. The second-order valence-electron chi connectivity index (χ2n) is 7.68. The highest BCUT2D eigenvalue weighted by molar-refractivity contribution is 7.89. The summed E-state index contributed by atoms with van der Waals surface area (Å²) in [6.45, 7) is 4.34. The lowest BCUT2D eigenvalue weighted by Gasteiger charge is -2.32. The molecular weight excluding hydrogens is 406 g/mol. The molecule has 9 heteroatoms. The van der Waals surface area contributed by atoms with Crippen molar-refractivity contribution in [2.75, 3.05) is 18.0 Å². The first-order valence-electron chi connectivity index (χ1n) is 9.84. The lowest BCUT2D eigenvalue weighted by Crippen LogP contribution is -2.36. The van der Waals surface area contributed by atoms with Crippen molar-refractivity contribution < 1.29 is 18.1 Å². The number of ketones is 1. The van der Waals surface area contributed by atoms with E-state index in [4.69, 9.17) is 0 Å². The zero-order chi connectivity index (χ0) is 21.9. The van der Waals surface area contributed by atoms with Gasteiger partial charge in [0.15, 0.2) is 5.78 Å². The van der Waals surface area contributed by atoms with E-state index in [2.05, 4.69) is 4.72 Å². The molecular formula is C21H25N3O5S. The second kappa shape index (κ2) is 8.93. The third-order valence-corrected chi connectivity index (χ3v) is 6.77. The van der Waals surface area contributed by atoms with E-state index in [1.54, 1.807) is 26.0 Å². The highest BCUT2D eigenvalue weighted by atomic mass is 32.2. The maximum absolute atomic E-state index is 12.7. The Kier molecular flexibility index (Phi) is 6.52. The SMILES string of the molecule is CC(C)NS(=O)(=O)c1ccc(N2CCC(C(=O)c3ccccc3)CC2)c([N+](=O)[O-])c1. The van der Waals surface area contributed by atoms with Crippen LogP contribution in [0.15, 0.2) is 53.4 Å². The molecule has 0 aromatic heterocycles. The van der Waals surface area contributed by atoms with Crippen LogP contribution in [-0.2, 0) is 10.0 Å². The molecule has 0 spiro atoms. The number of hydrogen-bond acceptors (Lipinski definition) is 6. The highest BCUT2D eigenvalue weighted by Crippen LogP contribution is 2.34. The van der Waals surface area contributed by atoms with Crippen molar-refractivity contribution in [1.82, 2.24) is 4.72 Å². The summed E-state index contributed by atoms with van der Waals surface area (Å²) in [6.07, 6.45) is 1.17. The zero-order valence-electron chi connectivity index (χ0n) is 16.9. The maximum Gasteiger partial charge on any atom is 0.293 e. The molecule has 8 nitrogen and oxygen atoms in total. The molecule has 0 saturated carbocycles. The van der Waals surface area contributed by atoms with Gasteiger partial charge in [-0.05, 0) is 38.8 Å². The van der Waals surface area contributed by atoms with Gasteiger partial charge in [-0.15, -0.1) is 0 Å². The van der Waals surface area contributed by atoms with Gasteiger partial charge in [0, 0.05) is 36.7 Å². The second-order valence-corrected chi connectivity index (χ2v) is 9.39. The number of nitrogens with zero attached hydrogens (tertiary/aromatic N) is 2. The summed E-state index contributed by atoms with van der Waals surface area (Å²) in [5, 5.41) is 11.6. The Bertz CT molecular complexity index is 1030. The van der Waals surface area contributed by atoms with Crippen molar-refractivity contribution in [2.24, 2.45) is 5.92 Å². The van der Waals surface area contributed by atoms with Crippen molar-refractivity contribution in [3.8, 4) is 0 Å². The molecule has 0 atom stereocenters. The smallest absolute Gasteiger partial charge is 0.293 e. The number of rotatable bonds is 7. The first-order chi connectivity index (χ1) is 14.2. The van der Waals surface area contributed by atoms with Gasteiger partial charge in [0.05, 0.1) is 9.82 Å². The molecule has 1 aliphatic rings. The van der Waals surface area contributed by atoms with Gasteiger partial charge < -0.3 is 4.90 Å². The van der Waals surface area contributed by atoms with E-state index in [1.165, 1.54) is 12.1 Å². The van der Waals surface area contributed by atoms with E-state index in [0.29, 0.717) is 37.2 Å². The number of benzene rings is 2. The van der Waals surface area contributed by atoms with Gasteiger partial charge in [0.2, 0.25) is 10.0 Å². The van der Waals surface area contributed by atoms with Gasteiger partial charge in [-0.3, -0.25) is 14.9 Å². The van der Waals surface area contributed by atoms with Crippen molar-refractivity contribution in [3.05, 3.63) is 64.2 Å². The number of hydrogen-bond donors (Lipinski definition) is 1. The van der Waals surface area contributed by atoms with Crippen LogP contribution < -0.4 is 9.62 Å². The highest BCUT2D eigenvalue weighted by Gasteiger charge is 2.30. The monoisotopic (exact) mass is 431 g/mol. The molecule has 1 N–H and O–H groups in total. The number of carbonyl (C=O) groups excluding carboxylic acids is 1. The molecule has 0 amide bonds. The molecule has 1 fully saturated rings. The fourth-order valence-electron chi connectivity index (χ4n) is 3.68. The molecule has 160 valence electrons. The minimum absolute atomic E-state index is 0.0888. The molecule has 1 aliphatic heterocycles. The van der Waals surface area contributed by atoms with Crippen LogP contribution in [0.4, 0.5) is 11.4 Å². The summed E-state index contributed by atoms with van der Waals surface area (Å²) in [7, 11) is -3.83. The van der Waals surface area contributed by atoms with E-state index < -0.39 is 14.9 Å². The first-order valence-corrected chi connectivity index (χ1v) is 11.3. The Labute approximate surface area is 176 Å². The number of Topliss-reactive ketones (excluding diaryl/α,β-unsaturated/α-hetero) is 1. The van der Waals surface area contributed by atoms with Crippen LogP contribution in [0.5, 0.6) is 0 Å². The Balaban J connectivity index is 1.78. The lowest BCUT2D eigenvalue weighted by molar-refractivity contribution is -0.384. The Hall–Kier alpha value is -2.78. The summed E-state index contributed by atoms with van der Waals surface area (Å²) in [4.78, 5) is 25.4. The van der Waals surface area contributed by atoms with Gasteiger partial charge in [-0.25, -0.2) is 13.1 Å². The van der Waals surface area contributed by atoms with Crippen LogP contribution in [-0.4, -0.2) is 38.3 Å². The molecule has 0 unspecified atom stereocenters. The number of piperidine rings is 1. The van der Waals surface area contributed by atoms with Crippen LogP contribution >= 0.6 is 0 Å². The largest absolute Gasteiger partial charge is 0.366 e. The van der Waals surface area contributed by atoms with E-state index in [9.17, 15) is 23.3 Å². The van der Waals surface area contributed by atoms with E-state index in [1.807, 2.05) is 23.1 Å². The zero-order valence-corrected chi connectivity index (χ0v) is 17.8. The fraction of sp³-hybridized carbons (Fsp3) is 0.381. The molecule has 1 heterocycles. The standard InChI is InChI=1S/C21H25N3O5S/c1-15(2)22-30(28,29)18-8-9-19(20(14-18)24(26)27)23-12-10-17(11-13-23)21(25)16-6-4-3-5-7-16/h3-9,14-15,17,22H,10-13H2,1-2H3. The molecule has 30 heavy (non-hydrogen) atoms. The molecule has 0 bridgehead atoms. The van der Waals surface area contributed by atoms with E-state index in [-0.39, 0.29) is 28.3 Å². The van der Waals surface area contributed by atoms with Crippen molar-refractivity contribution in [1.29, 1.82) is 0 Å². The number of nitrogens with one attached hydrogen (secondary N) is 1. The van der Waals surface area contributed by atoms with Gasteiger partial charge in [-0.1, -0.05) is 30.3 Å². The average molecular weight is 432 g/mol. The summed E-state index contributed by atoms with van der Waals surface area (Å²) in [5.41, 5.74) is 0.790. The van der Waals surface area contributed by atoms with Crippen LogP contribution in [0.3, 0.4) is 0 Å². The van der Waals surface area contributed by atoms with Gasteiger partial charge in [-0.2, -0.15) is 0 Å².